The normalized spacial score (nSPS) is 19.3. The molecule has 2 nitrogen and oxygen atoms in total. The number of rotatable bonds is 5. The fourth-order valence-corrected chi connectivity index (χ4v) is 3.62. The van der Waals surface area contributed by atoms with Crippen LogP contribution in [0.4, 0.5) is 4.39 Å². The number of aryl methyl sites for hydroxylation is 1. The highest BCUT2D eigenvalue weighted by Gasteiger charge is 2.45. The second kappa shape index (κ2) is 7.36. The van der Waals surface area contributed by atoms with Crippen molar-refractivity contribution in [1.82, 2.24) is 5.32 Å². The van der Waals surface area contributed by atoms with E-state index in [9.17, 15) is 9.18 Å². The third-order valence-corrected chi connectivity index (χ3v) is 5.26. The monoisotopic (exact) mass is 359 g/mol. The fourth-order valence-electron chi connectivity index (χ4n) is 3.62. The molecule has 4 rings (SSSR count). The lowest BCUT2D eigenvalue weighted by Crippen LogP contribution is -2.31. The second-order valence-corrected chi connectivity index (χ2v) is 7.23. The van der Waals surface area contributed by atoms with Gasteiger partial charge in [-0.1, -0.05) is 78.4 Å². The average molecular weight is 359 g/mol. The molecule has 3 aromatic rings. The number of halogens is 1. The maximum Gasteiger partial charge on any atom is 0.224 e. The molecule has 3 atom stereocenters. The van der Waals surface area contributed by atoms with E-state index in [0.29, 0.717) is 12.0 Å². The third-order valence-electron chi connectivity index (χ3n) is 5.26. The van der Waals surface area contributed by atoms with Crippen molar-refractivity contribution < 1.29 is 9.18 Å². The predicted molar refractivity (Wildman–Crippen MR) is 105 cm³/mol. The van der Waals surface area contributed by atoms with Crippen molar-refractivity contribution in [2.75, 3.05) is 0 Å². The first kappa shape index (κ1) is 17.5. The molecule has 1 N–H and O–H groups in total. The van der Waals surface area contributed by atoms with Gasteiger partial charge < -0.3 is 5.32 Å². The topological polar surface area (TPSA) is 29.1 Å². The van der Waals surface area contributed by atoms with Crippen LogP contribution in [0.25, 0.3) is 0 Å². The summed E-state index contributed by atoms with van der Waals surface area (Å²) in [6, 6.07) is 24.7. The lowest BCUT2D eigenvalue weighted by molar-refractivity contribution is -0.122. The Labute approximate surface area is 159 Å². The molecule has 0 aliphatic heterocycles. The van der Waals surface area contributed by atoms with E-state index < -0.39 is 0 Å². The molecule has 1 amide bonds. The Bertz CT molecular complexity index is 936. The maximum absolute atomic E-state index is 14.0. The molecule has 1 saturated carbocycles. The van der Waals surface area contributed by atoms with Crippen molar-refractivity contribution in [2.24, 2.45) is 5.92 Å². The molecule has 27 heavy (non-hydrogen) atoms. The van der Waals surface area contributed by atoms with Crippen molar-refractivity contribution in [3.8, 4) is 0 Å². The standard InChI is InChI=1S/C24H22FNO/c1-16-11-13-18(14-12-16)23(17-7-3-2-4-8-17)26-24(27)21-15-20(21)19-9-5-6-10-22(19)25/h2-14,20-21,23H,15H2,1H3,(H,26,27). The summed E-state index contributed by atoms with van der Waals surface area (Å²) in [7, 11) is 0. The number of carbonyl (C=O) groups excluding carboxylic acids is 1. The predicted octanol–water partition coefficient (Wildman–Crippen LogP) is 5.14. The van der Waals surface area contributed by atoms with Crippen molar-refractivity contribution >= 4 is 5.91 Å². The summed E-state index contributed by atoms with van der Waals surface area (Å²) in [5, 5.41) is 3.19. The quantitative estimate of drug-likeness (QED) is 0.671. The van der Waals surface area contributed by atoms with Gasteiger partial charge in [0.25, 0.3) is 0 Å². The molecule has 3 aromatic carbocycles. The molecule has 0 radical (unpaired) electrons. The van der Waals surface area contributed by atoms with Gasteiger partial charge in [-0.05, 0) is 42.0 Å². The minimum Gasteiger partial charge on any atom is -0.345 e. The SMILES string of the molecule is Cc1ccc(C(NC(=O)C2CC2c2ccccc2F)c2ccccc2)cc1. The molecule has 1 aliphatic rings. The third kappa shape index (κ3) is 3.77. The van der Waals surface area contributed by atoms with Crippen LogP contribution in [0.2, 0.25) is 0 Å². The molecule has 3 heteroatoms. The summed E-state index contributed by atoms with van der Waals surface area (Å²) in [4.78, 5) is 12.9. The van der Waals surface area contributed by atoms with Crippen LogP contribution in [0.3, 0.4) is 0 Å². The second-order valence-electron chi connectivity index (χ2n) is 7.23. The summed E-state index contributed by atoms with van der Waals surface area (Å²) < 4.78 is 14.0. The number of carbonyl (C=O) groups is 1. The smallest absolute Gasteiger partial charge is 0.224 e. The summed E-state index contributed by atoms with van der Waals surface area (Å²) in [6.07, 6.45) is 0.697. The molecule has 136 valence electrons. The van der Waals surface area contributed by atoms with E-state index in [1.807, 2.05) is 43.3 Å². The lowest BCUT2D eigenvalue weighted by Gasteiger charge is -2.20. The van der Waals surface area contributed by atoms with Gasteiger partial charge in [0.05, 0.1) is 6.04 Å². The van der Waals surface area contributed by atoms with Gasteiger partial charge in [0.1, 0.15) is 5.82 Å². The Kier molecular flexibility index (Phi) is 4.76. The Balaban J connectivity index is 1.55. The zero-order chi connectivity index (χ0) is 18.8. The largest absolute Gasteiger partial charge is 0.345 e. The van der Waals surface area contributed by atoms with Crippen LogP contribution < -0.4 is 5.32 Å². The first-order chi connectivity index (χ1) is 13.1. The Morgan fingerprint density at radius 2 is 1.56 bits per heavy atom. The van der Waals surface area contributed by atoms with Crippen LogP contribution in [0.5, 0.6) is 0 Å². The molecule has 1 fully saturated rings. The molecular formula is C24H22FNO. The molecule has 1 aliphatic carbocycles. The van der Waals surface area contributed by atoms with Crippen LogP contribution in [0.15, 0.2) is 78.9 Å². The lowest BCUT2D eigenvalue weighted by atomic mass is 9.97. The Morgan fingerprint density at radius 1 is 0.926 bits per heavy atom. The highest BCUT2D eigenvalue weighted by Crippen LogP contribution is 2.48. The Morgan fingerprint density at radius 3 is 2.26 bits per heavy atom. The van der Waals surface area contributed by atoms with Crippen molar-refractivity contribution in [2.45, 2.75) is 25.3 Å². The average Bonchev–Trinajstić information content (AvgIpc) is 3.49. The van der Waals surface area contributed by atoms with Crippen LogP contribution in [-0.2, 0) is 4.79 Å². The maximum atomic E-state index is 14.0. The van der Waals surface area contributed by atoms with E-state index in [4.69, 9.17) is 0 Å². The highest BCUT2D eigenvalue weighted by atomic mass is 19.1. The van der Waals surface area contributed by atoms with E-state index in [1.165, 1.54) is 11.6 Å². The zero-order valence-corrected chi connectivity index (χ0v) is 15.2. The van der Waals surface area contributed by atoms with E-state index in [0.717, 1.165) is 11.1 Å². The minimum atomic E-state index is -0.226. The first-order valence-corrected chi connectivity index (χ1v) is 9.30. The summed E-state index contributed by atoms with van der Waals surface area (Å²) in [6.45, 7) is 2.04. The summed E-state index contributed by atoms with van der Waals surface area (Å²) in [5.41, 5.74) is 3.91. The van der Waals surface area contributed by atoms with Gasteiger partial charge in [0.2, 0.25) is 5.91 Å². The van der Waals surface area contributed by atoms with Crippen LogP contribution in [0, 0.1) is 18.7 Å². The van der Waals surface area contributed by atoms with Crippen molar-refractivity contribution in [3.63, 3.8) is 0 Å². The van der Waals surface area contributed by atoms with Gasteiger partial charge >= 0.3 is 0 Å². The van der Waals surface area contributed by atoms with Crippen molar-refractivity contribution in [3.05, 3.63) is 107 Å². The molecule has 0 heterocycles. The number of amides is 1. The molecule has 3 unspecified atom stereocenters. The molecule has 0 spiro atoms. The molecule has 0 aromatic heterocycles. The van der Waals surface area contributed by atoms with Crippen molar-refractivity contribution in [1.29, 1.82) is 0 Å². The molecular weight excluding hydrogens is 337 g/mol. The van der Waals surface area contributed by atoms with Gasteiger partial charge in [-0.25, -0.2) is 4.39 Å². The fraction of sp³-hybridized carbons (Fsp3) is 0.208. The number of hydrogen-bond donors (Lipinski definition) is 1. The number of benzene rings is 3. The zero-order valence-electron chi connectivity index (χ0n) is 15.2. The van der Waals surface area contributed by atoms with Gasteiger partial charge in [-0.15, -0.1) is 0 Å². The van der Waals surface area contributed by atoms with Gasteiger partial charge in [0.15, 0.2) is 0 Å². The van der Waals surface area contributed by atoms with E-state index in [2.05, 4.69) is 29.6 Å². The number of hydrogen-bond acceptors (Lipinski definition) is 1. The molecule has 0 bridgehead atoms. The molecule has 0 saturated heterocycles. The summed E-state index contributed by atoms with van der Waals surface area (Å²) >= 11 is 0. The minimum absolute atomic E-state index is 0.0160. The van der Waals surface area contributed by atoms with E-state index in [-0.39, 0.29) is 29.6 Å². The van der Waals surface area contributed by atoms with E-state index in [1.54, 1.807) is 12.1 Å². The van der Waals surface area contributed by atoms with Crippen LogP contribution in [-0.4, -0.2) is 5.91 Å². The van der Waals surface area contributed by atoms with Crippen LogP contribution >= 0.6 is 0 Å². The first-order valence-electron chi connectivity index (χ1n) is 9.30. The van der Waals surface area contributed by atoms with E-state index >= 15 is 0 Å². The van der Waals surface area contributed by atoms with Crippen LogP contribution in [0.1, 0.15) is 40.6 Å². The Hall–Kier alpha value is -2.94. The highest BCUT2D eigenvalue weighted by molar-refractivity contribution is 5.83. The van der Waals surface area contributed by atoms with Gasteiger partial charge in [0, 0.05) is 5.92 Å². The number of nitrogens with one attached hydrogen (secondary N) is 1. The van der Waals surface area contributed by atoms with Gasteiger partial charge in [-0.3, -0.25) is 4.79 Å². The van der Waals surface area contributed by atoms with Gasteiger partial charge in [-0.2, -0.15) is 0 Å². The summed E-state index contributed by atoms with van der Waals surface area (Å²) in [5.74, 6) is -0.437.